The standard InChI is InChI=1S/C23H28N4O3S/c1-3-13-31(29,30)27-21(14-18-9-6-8-17-7-4-5-10-20(17)18)23(28)25-15-19-11-12-22(24)26-16(19)2/h4-12,21,27H,3,13-15H2,1-2H3,(H2,24,26)(H,25,28)/t21-/m0/s1. The van der Waals surface area contributed by atoms with Crippen LogP contribution in [-0.4, -0.2) is 31.1 Å². The molecule has 0 saturated carbocycles. The van der Waals surface area contributed by atoms with E-state index in [4.69, 9.17) is 5.73 Å². The number of carbonyl (C=O) groups excluding carboxylic acids is 1. The van der Waals surface area contributed by atoms with Crippen molar-refractivity contribution in [3.63, 3.8) is 0 Å². The summed E-state index contributed by atoms with van der Waals surface area (Å²) < 4.78 is 27.5. The van der Waals surface area contributed by atoms with E-state index in [-0.39, 0.29) is 24.6 Å². The van der Waals surface area contributed by atoms with Crippen LogP contribution in [0.1, 0.15) is 30.2 Å². The largest absolute Gasteiger partial charge is 0.384 e. The van der Waals surface area contributed by atoms with E-state index >= 15 is 0 Å². The lowest BCUT2D eigenvalue weighted by molar-refractivity contribution is -0.122. The van der Waals surface area contributed by atoms with Gasteiger partial charge >= 0.3 is 0 Å². The number of carbonyl (C=O) groups is 1. The van der Waals surface area contributed by atoms with Crippen LogP contribution in [-0.2, 0) is 27.8 Å². The molecular formula is C23H28N4O3S. The van der Waals surface area contributed by atoms with Gasteiger partial charge in [-0.2, -0.15) is 0 Å². The third-order valence-electron chi connectivity index (χ3n) is 5.09. The molecule has 8 heteroatoms. The number of hydrogen-bond donors (Lipinski definition) is 3. The van der Waals surface area contributed by atoms with Crippen LogP contribution in [0.5, 0.6) is 0 Å². The maximum atomic E-state index is 13.0. The quantitative estimate of drug-likeness (QED) is 0.473. The van der Waals surface area contributed by atoms with Crippen molar-refractivity contribution in [2.75, 3.05) is 11.5 Å². The number of aryl methyl sites for hydroxylation is 1. The van der Waals surface area contributed by atoms with Gasteiger partial charge in [-0.3, -0.25) is 4.79 Å². The van der Waals surface area contributed by atoms with Crippen LogP contribution in [0.4, 0.5) is 5.82 Å². The molecule has 0 aliphatic carbocycles. The van der Waals surface area contributed by atoms with Gasteiger partial charge in [-0.15, -0.1) is 0 Å². The Morgan fingerprint density at radius 1 is 1.06 bits per heavy atom. The van der Waals surface area contributed by atoms with Crippen LogP contribution < -0.4 is 15.8 Å². The third-order valence-corrected chi connectivity index (χ3v) is 6.67. The van der Waals surface area contributed by atoms with Crippen molar-refractivity contribution in [2.45, 2.75) is 39.3 Å². The van der Waals surface area contributed by atoms with E-state index in [9.17, 15) is 13.2 Å². The van der Waals surface area contributed by atoms with Crippen molar-refractivity contribution in [1.82, 2.24) is 15.0 Å². The number of amides is 1. The molecule has 0 saturated heterocycles. The van der Waals surface area contributed by atoms with Crippen LogP contribution in [0.2, 0.25) is 0 Å². The summed E-state index contributed by atoms with van der Waals surface area (Å²) in [7, 11) is -3.59. The maximum Gasteiger partial charge on any atom is 0.238 e. The van der Waals surface area contributed by atoms with E-state index < -0.39 is 16.1 Å². The summed E-state index contributed by atoms with van der Waals surface area (Å²) in [6.45, 7) is 3.84. The molecule has 0 bridgehead atoms. The average Bonchev–Trinajstić information content (AvgIpc) is 2.72. The molecule has 0 radical (unpaired) electrons. The van der Waals surface area contributed by atoms with Crippen molar-refractivity contribution in [2.24, 2.45) is 0 Å². The molecule has 0 unspecified atom stereocenters. The Bertz CT molecular complexity index is 1170. The van der Waals surface area contributed by atoms with Crippen molar-refractivity contribution in [3.8, 4) is 0 Å². The fourth-order valence-electron chi connectivity index (χ4n) is 3.52. The van der Waals surface area contributed by atoms with Crippen LogP contribution in [0.15, 0.2) is 54.6 Å². The number of sulfonamides is 1. The molecular weight excluding hydrogens is 412 g/mol. The van der Waals surface area contributed by atoms with Gasteiger partial charge in [0.1, 0.15) is 11.9 Å². The van der Waals surface area contributed by atoms with Gasteiger partial charge in [-0.05, 0) is 47.7 Å². The molecule has 2 aromatic carbocycles. The molecule has 164 valence electrons. The molecule has 0 fully saturated rings. The lowest BCUT2D eigenvalue weighted by atomic mass is 9.99. The van der Waals surface area contributed by atoms with Gasteiger partial charge in [0, 0.05) is 12.2 Å². The summed E-state index contributed by atoms with van der Waals surface area (Å²) in [5.74, 6) is -0.00889. The molecule has 1 amide bonds. The lowest BCUT2D eigenvalue weighted by Crippen LogP contribution is -2.48. The van der Waals surface area contributed by atoms with Gasteiger partial charge in [0.2, 0.25) is 15.9 Å². The minimum absolute atomic E-state index is 0.0344. The first-order chi connectivity index (χ1) is 14.8. The number of anilines is 1. The predicted molar refractivity (Wildman–Crippen MR) is 124 cm³/mol. The number of nitrogen functional groups attached to an aromatic ring is 1. The molecule has 31 heavy (non-hydrogen) atoms. The summed E-state index contributed by atoms with van der Waals surface area (Å²) in [6.07, 6.45) is 0.712. The predicted octanol–water partition coefficient (Wildman–Crippen LogP) is 2.68. The smallest absolute Gasteiger partial charge is 0.238 e. The Balaban J connectivity index is 1.84. The average molecular weight is 441 g/mol. The monoisotopic (exact) mass is 440 g/mol. The van der Waals surface area contributed by atoms with Gasteiger partial charge in [0.15, 0.2) is 0 Å². The van der Waals surface area contributed by atoms with Crippen LogP contribution >= 0.6 is 0 Å². The molecule has 0 aliphatic heterocycles. The number of rotatable bonds is 9. The van der Waals surface area contributed by atoms with Crippen LogP contribution in [0.3, 0.4) is 0 Å². The van der Waals surface area contributed by atoms with Crippen molar-refractivity contribution >= 4 is 32.5 Å². The Morgan fingerprint density at radius 3 is 2.55 bits per heavy atom. The second kappa shape index (κ2) is 9.89. The molecule has 3 aromatic rings. The normalized spacial score (nSPS) is 12.6. The minimum Gasteiger partial charge on any atom is -0.384 e. The van der Waals surface area contributed by atoms with E-state index in [0.717, 1.165) is 27.6 Å². The van der Waals surface area contributed by atoms with Gasteiger partial charge in [-0.25, -0.2) is 18.1 Å². The highest BCUT2D eigenvalue weighted by Crippen LogP contribution is 2.20. The summed E-state index contributed by atoms with van der Waals surface area (Å²) in [4.78, 5) is 17.2. The molecule has 1 atom stereocenters. The van der Waals surface area contributed by atoms with E-state index in [1.165, 1.54) is 0 Å². The summed E-state index contributed by atoms with van der Waals surface area (Å²) in [5, 5.41) is 4.88. The van der Waals surface area contributed by atoms with Gasteiger partial charge in [0.25, 0.3) is 0 Å². The number of hydrogen-bond acceptors (Lipinski definition) is 5. The number of benzene rings is 2. The first-order valence-electron chi connectivity index (χ1n) is 10.3. The van der Waals surface area contributed by atoms with Crippen molar-refractivity contribution in [3.05, 3.63) is 71.4 Å². The van der Waals surface area contributed by atoms with E-state index in [0.29, 0.717) is 12.2 Å². The fraction of sp³-hybridized carbons (Fsp3) is 0.304. The zero-order valence-corrected chi connectivity index (χ0v) is 18.6. The number of nitrogens with one attached hydrogen (secondary N) is 2. The Morgan fingerprint density at radius 2 is 1.81 bits per heavy atom. The first kappa shape index (κ1) is 22.7. The van der Waals surface area contributed by atoms with Crippen molar-refractivity contribution in [1.29, 1.82) is 0 Å². The van der Waals surface area contributed by atoms with Gasteiger partial charge in [-0.1, -0.05) is 55.5 Å². The Kier molecular flexibility index (Phi) is 7.25. The summed E-state index contributed by atoms with van der Waals surface area (Å²) in [5.41, 5.74) is 8.13. The van der Waals surface area contributed by atoms with E-state index in [1.807, 2.05) is 49.4 Å². The number of fused-ring (bicyclic) bond motifs is 1. The van der Waals surface area contributed by atoms with Crippen LogP contribution in [0.25, 0.3) is 10.8 Å². The minimum atomic E-state index is -3.59. The molecule has 0 aliphatic rings. The van der Waals surface area contributed by atoms with E-state index in [2.05, 4.69) is 15.0 Å². The fourth-order valence-corrected chi connectivity index (χ4v) is 4.80. The molecule has 1 heterocycles. The number of pyridine rings is 1. The molecule has 4 N–H and O–H groups in total. The lowest BCUT2D eigenvalue weighted by Gasteiger charge is -2.20. The van der Waals surface area contributed by atoms with Crippen LogP contribution in [0, 0.1) is 6.92 Å². The van der Waals surface area contributed by atoms with Crippen molar-refractivity contribution < 1.29 is 13.2 Å². The molecule has 0 spiro atoms. The van der Waals surface area contributed by atoms with Gasteiger partial charge in [0.05, 0.1) is 5.75 Å². The topological polar surface area (TPSA) is 114 Å². The Labute approximate surface area is 183 Å². The summed E-state index contributed by atoms with van der Waals surface area (Å²) >= 11 is 0. The highest BCUT2D eigenvalue weighted by Gasteiger charge is 2.25. The van der Waals surface area contributed by atoms with E-state index in [1.54, 1.807) is 19.1 Å². The third kappa shape index (κ3) is 6.02. The molecule has 3 rings (SSSR count). The molecule has 1 aromatic heterocycles. The maximum absolute atomic E-state index is 13.0. The SMILES string of the molecule is CCCS(=O)(=O)N[C@@H](Cc1cccc2ccccc12)C(=O)NCc1ccc(N)nc1C. The molecule has 7 nitrogen and oxygen atoms in total. The number of nitrogens with two attached hydrogens (primary N) is 1. The first-order valence-corrected chi connectivity index (χ1v) is 11.9. The second-order valence-electron chi connectivity index (χ2n) is 7.53. The second-order valence-corrected chi connectivity index (χ2v) is 9.40. The zero-order chi connectivity index (χ0) is 22.4. The highest BCUT2D eigenvalue weighted by atomic mass is 32.2. The Hall–Kier alpha value is -2.97. The van der Waals surface area contributed by atoms with Gasteiger partial charge < -0.3 is 11.1 Å². The highest BCUT2D eigenvalue weighted by molar-refractivity contribution is 7.89. The zero-order valence-electron chi connectivity index (χ0n) is 17.8. The number of nitrogens with zero attached hydrogens (tertiary/aromatic N) is 1. The number of aromatic nitrogens is 1. The summed E-state index contributed by atoms with van der Waals surface area (Å²) in [6, 6.07) is 16.2.